The number of aromatic carboxylic acids is 1. The van der Waals surface area contributed by atoms with Gasteiger partial charge in [-0.2, -0.15) is 0 Å². The van der Waals surface area contributed by atoms with Crippen molar-refractivity contribution >= 4 is 11.7 Å². The molecule has 3 N–H and O–H groups in total. The fourth-order valence-corrected chi connectivity index (χ4v) is 1.55. The van der Waals surface area contributed by atoms with Crippen LogP contribution in [0.2, 0.25) is 0 Å². The van der Waals surface area contributed by atoms with Crippen LogP contribution in [0.3, 0.4) is 0 Å². The summed E-state index contributed by atoms with van der Waals surface area (Å²) in [5, 5.41) is 20.6. The third kappa shape index (κ3) is 5.15. The van der Waals surface area contributed by atoms with Gasteiger partial charge >= 0.3 is 5.97 Å². The summed E-state index contributed by atoms with van der Waals surface area (Å²) >= 11 is 0. The Bertz CT molecular complexity index is 408. The van der Waals surface area contributed by atoms with Gasteiger partial charge in [-0.1, -0.05) is 0 Å². The van der Waals surface area contributed by atoms with Gasteiger partial charge in [0.2, 0.25) is 0 Å². The van der Waals surface area contributed by atoms with Crippen molar-refractivity contribution in [3.63, 3.8) is 0 Å². The quantitative estimate of drug-likeness (QED) is 0.584. The van der Waals surface area contributed by atoms with E-state index in [0.29, 0.717) is 31.2 Å². The van der Waals surface area contributed by atoms with E-state index >= 15 is 0 Å². The first-order valence-electron chi connectivity index (χ1n) is 6.03. The molecule has 0 unspecified atom stereocenters. The van der Waals surface area contributed by atoms with E-state index in [2.05, 4.69) is 5.32 Å². The highest BCUT2D eigenvalue weighted by molar-refractivity contribution is 5.94. The Hall–Kier alpha value is -1.79. The van der Waals surface area contributed by atoms with Gasteiger partial charge in [-0.25, -0.2) is 4.79 Å². The van der Waals surface area contributed by atoms with Crippen molar-refractivity contribution < 1.29 is 24.5 Å². The van der Waals surface area contributed by atoms with Gasteiger partial charge in [0.25, 0.3) is 0 Å². The first-order chi connectivity index (χ1) is 9.19. The van der Waals surface area contributed by atoms with Crippen molar-refractivity contribution in [2.45, 2.75) is 6.42 Å². The van der Waals surface area contributed by atoms with Gasteiger partial charge in [-0.3, -0.25) is 0 Å². The summed E-state index contributed by atoms with van der Waals surface area (Å²) in [7, 11) is 1.53. The molecule has 1 aromatic rings. The number of anilines is 1. The highest BCUT2D eigenvalue weighted by Crippen LogP contribution is 2.22. The fraction of sp³-hybridized carbons (Fsp3) is 0.462. The molecule has 1 rings (SSSR count). The normalized spacial score (nSPS) is 10.2. The fourth-order valence-electron chi connectivity index (χ4n) is 1.55. The van der Waals surface area contributed by atoms with E-state index in [0.717, 1.165) is 6.42 Å². The van der Waals surface area contributed by atoms with Gasteiger partial charge in [-0.05, 0) is 18.6 Å². The molecule has 0 aliphatic heterocycles. The summed E-state index contributed by atoms with van der Waals surface area (Å²) in [6.45, 7) is 1.42. The molecule has 106 valence electrons. The van der Waals surface area contributed by atoms with Crippen molar-refractivity contribution in [2.75, 3.05) is 38.8 Å². The Labute approximate surface area is 112 Å². The predicted octanol–water partition coefficient (Wildman–Crippen LogP) is 1.20. The third-order valence-electron chi connectivity index (χ3n) is 2.47. The van der Waals surface area contributed by atoms with Crippen LogP contribution < -0.4 is 10.1 Å². The van der Waals surface area contributed by atoms with E-state index in [1.807, 2.05) is 0 Å². The van der Waals surface area contributed by atoms with Gasteiger partial charge in [0.1, 0.15) is 5.75 Å². The number of carbonyl (C=O) groups is 1. The number of hydrogen-bond acceptors (Lipinski definition) is 5. The van der Waals surface area contributed by atoms with Crippen LogP contribution in [0.1, 0.15) is 16.8 Å². The van der Waals surface area contributed by atoms with Crippen LogP contribution in [-0.4, -0.2) is 49.7 Å². The zero-order chi connectivity index (χ0) is 14.1. The number of methoxy groups -OCH3 is 1. The molecule has 0 saturated carbocycles. The number of nitrogens with one attached hydrogen (secondary N) is 1. The van der Waals surface area contributed by atoms with Crippen LogP contribution in [0, 0.1) is 0 Å². The monoisotopic (exact) mass is 269 g/mol. The molecule has 0 heterocycles. The minimum absolute atomic E-state index is 0.00642. The standard InChI is InChI=1S/C13H19NO5/c1-18-10-3-4-11(13(16)17)12(9-10)14-5-2-7-19-8-6-15/h3-4,9,14-15H,2,5-8H2,1H3,(H,16,17). The van der Waals surface area contributed by atoms with E-state index in [9.17, 15) is 4.79 Å². The van der Waals surface area contributed by atoms with Gasteiger partial charge in [0.15, 0.2) is 0 Å². The van der Waals surface area contributed by atoms with Crippen LogP contribution in [0.4, 0.5) is 5.69 Å². The molecule has 0 fully saturated rings. The summed E-state index contributed by atoms with van der Waals surface area (Å²) in [5.74, 6) is -0.384. The zero-order valence-corrected chi connectivity index (χ0v) is 10.9. The number of aliphatic hydroxyl groups excluding tert-OH is 1. The summed E-state index contributed by atoms with van der Waals surface area (Å²) < 4.78 is 10.2. The summed E-state index contributed by atoms with van der Waals surface area (Å²) in [6.07, 6.45) is 0.719. The Kier molecular flexibility index (Phi) is 6.70. The van der Waals surface area contributed by atoms with Crippen molar-refractivity contribution in [1.82, 2.24) is 0 Å². The molecule has 1 aromatic carbocycles. The second-order valence-corrected chi connectivity index (χ2v) is 3.83. The Morgan fingerprint density at radius 1 is 1.37 bits per heavy atom. The number of aliphatic hydroxyl groups is 1. The molecule has 0 aliphatic carbocycles. The smallest absolute Gasteiger partial charge is 0.337 e. The summed E-state index contributed by atoms with van der Waals surface area (Å²) in [5.41, 5.74) is 0.728. The lowest BCUT2D eigenvalue weighted by molar-refractivity contribution is 0.0698. The van der Waals surface area contributed by atoms with Crippen molar-refractivity contribution in [3.8, 4) is 5.75 Å². The Balaban J connectivity index is 2.52. The van der Waals surface area contributed by atoms with E-state index in [1.54, 1.807) is 12.1 Å². The number of carboxylic acid groups (broad SMARTS) is 1. The lowest BCUT2D eigenvalue weighted by atomic mass is 10.1. The Morgan fingerprint density at radius 3 is 2.79 bits per heavy atom. The molecule has 0 amide bonds. The van der Waals surface area contributed by atoms with E-state index < -0.39 is 5.97 Å². The second kappa shape index (κ2) is 8.34. The minimum atomic E-state index is -0.985. The number of benzene rings is 1. The van der Waals surface area contributed by atoms with Gasteiger partial charge in [0.05, 0.1) is 31.6 Å². The molecule has 19 heavy (non-hydrogen) atoms. The topological polar surface area (TPSA) is 88.0 Å². The lowest BCUT2D eigenvalue weighted by Crippen LogP contribution is -2.10. The number of rotatable bonds is 9. The molecule has 0 aliphatic rings. The van der Waals surface area contributed by atoms with Crippen LogP contribution >= 0.6 is 0 Å². The van der Waals surface area contributed by atoms with Gasteiger partial charge < -0.3 is 25.0 Å². The second-order valence-electron chi connectivity index (χ2n) is 3.83. The van der Waals surface area contributed by atoms with Crippen LogP contribution in [0.5, 0.6) is 5.75 Å². The molecule has 0 bridgehead atoms. The first kappa shape index (κ1) is 15.3. The zero-order valence-electron chi connectivity index (χ0n) is 10.9. The van der Waals surface area contributed by atoms with E-state index in [1.165, 1.54) is 13.2 Å². The molecule has 0 spiro atoms. The van der Waals surface area contributed by atoms with Crippen molar-refractivity contribution in [3.05, 3.63) is 23.8 Å². The van der Waals surface area contributed by atoms with E-state index in [4.69, 9.17) is 19.7 Å². The van der Waals surface area contributed by atoms with Crippen LogP contribution in [-0.2, 0) is 4.74 Å². The van der Waals surface area contributed by atoms with Gasteiger partial charge in [0, 0.05) is 19.2 Å². The number of hydrogen-bond donors (Lipinski definition) is 3. The molecular weight excluding hydrogens is 250 g/mol. The molecule has 6 nitrogen and oxygen atoms in total. The highest BCUT2D eigenvalue weighted by Gasteiger charge is 2.10. The molecular formula is C13H19NO5. The summed E-state index contributed by atoms with van der Waals surface area (Å²) in [6, 6.07) is 4.77. The SMILES string of the molecule is COc1ccc(C(=O)O)c(NCCCOCCO)c1. The van der Waals surface area contributed by atoms with E-state index in [-0.39, 0.29) is 12.2 Å². The van der Waals surface area contributed by atoms with Crippen molar-refractivity contribution in [1.29, 1.82) is 0 Å². The maximum atomic E-state index is 11.1. The molecule has 0 saturated heterocycles. The first-order valence-corrected chi connectivity index (χ1v) is 6.03. The minimum Gasteiger partial charge on any atom is -0.497 e. The largest absolute Gasteiger partial charge is 0.497 e. The molecule has 0 atom stereocenters. The maximum Gasteiger partial charge on any atom is 0.337 e. The van der Waals surface area contributed by atoms with Gasteiger partial charge in [-0.15, -0.1) is 0 Å². The van der Waals surface area contributed by atoms with Crippen LogP contribution in [0.15, 0.2) is 18.2 Å². The highest BCUT2D eigenvalue weighted by atomic mass is 16.5. The molecule has 0 aromatic heterocycles. The number of carboxylic acids is 1. The Morgan fingerprint density at radius 2 is 2.16 bits per heavy atom. The number of ether oxygens (including phenoxy) is 2. The lowest BCUT2D eigenvalue weighted by Gasteiger charge is -2.11. The molecule has 6 heteroatoms. The average molecular weight is 269 g/mol. The third-order valence-corrected chi connectivity index (χ3v) is 2.47. The van der Waals surface area contributed by atoms with Crippen molar-refractivity contribution in [2.24, 2.45) is 0 Å². The average Bonchev–Trinajstić information content (AvgIpc) is 2.42. The maximum absolute atomic E-state index is 11.1. The predicted molar refractivity (Wildman–Crippen MR) is 71.0 cm³/mol. The van der Waals surface area contributed by atoms with Crippen LogP contribution in [0.25, 0.3) is 0 Å². The summed E-state index contributed by atoms with van der Waals surface area (Å²) in [4.78, 5) is 11.1. The molecule has 0 radical (unpaired) electrons.